The summed E-state index contributed by atoms with van der Waals surface area (Å²) in [6.45, 7) is 2.85. The van der Waals surface area contributed by atoms with E-state index >= 15 is 0 Å². The molecule has 194 valence electrons. The predicted molar refractivity (Wildman–Crippen MR) is 133 cm³/mol. The molecule has 6 nitrogen and oxygen atoms in total. The quantitative estimate of drug-likeness (QED) is 0.381. The lowest BCUT2D eigenvalue weighted by Gasteiger charge is -2.33. The molecule has 0 unspecified atom stereocenters. The third-order valence-corrected chi connectivity index (χ3v) is 6.81. The summed E-state index contributed by atoms with van der Waals surface area (Å²) >= 11 is 5.87. The Balaban J connectivity index is 1.23. The van der Waals surface area contributed by atoms with Crippen LogP contribution in [0.1, 0.15) is 30.1 Å². The summed E-state index contributed by atoms with van der Waals surface area (Å²) in [6.07, 6.45) is -1.69. The van der Waals surface area contributed by atoms with Gasteiger partial charge in [-0.25, -0.2) is 0 Å². The molecule has 1 saturated heterocycles. The molecule has 0 spiro atoms. The van der Waals surface area contributed by atoms with Crippen molar-refractivity contribution >= 4 is 22.5 Å². The molecule has 1 atom stereocenters. The van der Waals surface area contributed by atoms with Gasteiger partial charge < -0.3 is 24.8 Å². The third kappa shape index (κ3) is 6.39. The molecule has 10 heteroatoms. The Kier molecular flexibility index (Phi) is 8.56. The number of hydrogen-bond acceptors (Lipinski definition) is 6. The van der Waals surface area contributed by atoms with E-state index in [-0.39, 0.29) is 18.4 Å². The maximum Gasteiger partial charge on any atom is 0.417 e. The minimum absolute atomic E-state index is 0.0263. The first-order valence-electron chi connectivity index (χ1n) is 11.8. The van der Waals surface area contributed by atoms with Crippen molar-refractivity contribution in [2.75, 3.05) is 39.9 Å². The lowest BCUT2D eigenvalue weighted by atomic mass is 10.0. The highest BCUT2D eigenvalue weighted by Gasteiger charge is 2.34. The van der Waals surface area contributed by atoms with Crippen LogP contribution in [0.15, 0.2) is 48.7 Å². The molecule has 0 saturated carbocycles. The Morgan fingerprint density at radius 2 is 1.97 bits per heavy atom. The highest BCUT2D eigenvalue weighted by atomic mass is 35.5. The number of benzene rings is 2. The third-order valence-electron chi connectivity index (χ3n) is 6.42. The largest absolute Gasteiger partial charge is 0.497 e. The Hall–Kier alpha value is -2.59. The number of alkyl halides is 3. The molecule has 1 fully saturated rings. The zero-order chi connectivity index (χ0) is 25.7. The molecular weight excluding hydrogens is 495 g/mol. The molecule has 1 aromatic heterocycles. The molecule has 0 amide bonds. The van der Waals surface area contributed by atoms with E-state index in [0.29, 0.717) is 13.1 Å². The first-order valence-corrected chi connectivity index (χ1v) is 12.2. The van der Waals surface area contributed by atoms with Crippen molar-refractivity contribution < 1.29 is 27.8 Å². The lowest BCUT2D eigenvalue weighted by molar-refractivity contribution is -0.137. The molecular formula is C26H29ClF3N3O3. The summed E-state index contributed by atoms with van der Waals surface area (Å²) in [6, 6.07) is 11.4. The number of hydrogen-bond donors (Lipinski definition) is 2. The van der Waals surface area contributed by atoms with Crippen LogP contribution in [0.2, 0.25) is 5.02 Å². The number of fused-ring (bicyclic) bond motifs is 1. The average Bonchev–Trinajstić information content (AvgIpc) is 2.87. The zero-order valence-electron chi connectivity index (χ0n) is 19.9. The summed E-state index contributed by atoms with van der Waals surface area (Å²) in [5, 5.41) is 14.8. The van der Waals surface area contributed by atoms with Gasteiger partial charge in [-0.15, -0.1) is 0 Å². The van der Waals surface area contributed by atoms with Crippen LogP contribution in [-0.2, 0) is 6.18 Å². The van der Waals surface area contributed by atoms with E-state index in [1.807, 2.05) is 24.3 Å². The molecule has 0 aliphatic carbocycles. The molecule has 2 heterocycles. The number of piperidine rings is 1. The zero-order valence-corrected chi connectivity index (χ0v) is 20.6. The number of methoxy groups -OCH3 is 1. The number of nitrogens with zero attached hydrogens (tertiary/aromatic N) is 2. The molecule has 36 heavy (non-hydrogen) atoms. The average molecular weight is 524 g/mol. The highest BCUT2D eigenvalue weighted by molar-refractivity contribution is 6.32. The van der Waals surface area contributed by atoms with E-state index in [1.54, 1.807) is 13.3 Å². The van der Waals surface area contributed by atoms with Crippen molar-refractivity contribution in [1.82, 2.24) is 15.2 Å². The smallest absolute Gasteiger partial charge is 0.417 e. The van der Waals surface area contributed by atoms with Crippen LogP contribution in [0.3, 0.4) is 0 Å². The maximum atomic E-state index is 13.0. The van der Waals surface area contributed by atoms with Crippen molar-refractivity contribution in [3.8, 4) is 11.5 Å². The second-order valence-electron chi connectivity index (χ2n) is 8.79. The summed E-state index contributed by atoms with van der Waals surface area (Å²) in [7, 11) is 1.61. The second-order valence-corrected chi connectivity index (χ2v) is 9.17. The van der Waals surface area contributed by atoms with Crippen LogP contribution in [0, 0.1) is 0 Å². The summed E-state index contributed by atoms with van der Waals surface area (Å²) in [5.74, 6) is 0.744. The standard InChI is InChI=1S/C26H29ClF3N3O3/c1-35-18-5-6-22-20(15-18)19(7-10-32-22)23(34)16-33-12-8-17(9-13-33)31-11-14-36-24-4-2-3-21(25(24)27)26(28,29)30/h2-7,10,15,17,23,31,34H,8-9,11-14,16H2,1H3/t23-/m0/s1. The minimum atomic E-state index is -4.52. The number of aliphatic hydroxyl groups excluding tert-OH is 1. The van der Waals surface area contributed by atoms with Gasteiger partial charge >= 0.3 is 6.18 Å². The van der Waals surface area contributed by atoms with E-state index in [4.69, 9.17) is 21.1 Å². The molecule has 4 rings (SSSR count). The van der Waals surface area contributed by atoms with Crippen LogP contribution in [-0.4, -0.2) is 60.9 Å². The first kappa shape index (κ1) is 26.5. The number of halogens is 4. The monoisotopic (exact) mass is 523 g/mol. The fourth-order valence-electron chi connectivity index (χ4n) is 4.49. The number of nitrogens with one attached hydrogen (secondary N) is 1. The summed E-state index contributed by atoms with van der Waals surface area (Å²) in [4.78, 5) is 6.61. The highest BCUT2D eigenvalue weighted by Crippen LogP contribution is 2.39. The number of pyridine rings is 1. The molecule has 1 aliphatic rings. The van der Waals surface area contributed by atoms with Crippen LogP contribution in [0.4, 0.5) is 13.2 Å². The SMILES string of the molecule is COc1ccc2nccc([C@@H](O)CN3CCC(NCCOc4cccc(C(F)(F)F)c4Cl)CC3)c2c1. The maximum absolute atomic E-state index is 13.0. The molecule has 0 bridgehead atoms. The minimum Gasteiger partial charge on any atom is -0.497 e. The Labute approximate surface area is 213 Å². The van der Waals surface area contributed by atoms with Gasteiger partial charge in [0.15, 0.2) is 0 Å². The number of aromatic nitrogens is 1. The number of rotatable bonds is 9. The van der Waals surface area contributed by atoms with Crippen molar-refractivity contribution in [2.24, 2.45) is 0 Å². The molecule has 3 aromatic rings. The molecule has 2 N–H and O–H groups in total. The summed E-state index contributed by atoms with van der Waals surface area (Å²) in [5.41, 5.74) is 0.733. The molecule has 2 aromatic carbocycles. The van der Waals surface area contributed by atoms with Gasteiger partial charge in [0.25, 0.3) is 0 Å². The Morgan fingerprint density at radius 3 is 2.69 bits per heavy atom. The van der Waals surface area contributed by atoms with Gasteiger partial charge in [0.2, 0.25) is 0 Å². The lowest BCUT2D eigenvalue weighted by Crippen LogP contribution is -2.44. The Morgan fingerprint density at radius 1 is 1.19 bits per heavy atom. The van der Waals surface area contributed by atoms with Crippen LogP contribution >= 0.6 is 11.6 Å². The van der Waals surface area contributed by atoms with E-state index < -0.39 is 22.9 Å². The van der Waals surface area contributed by atoms with Crippen LogP contribution in [0.5, 0.6) is 11.5 Å². The van der Waals surface area contributed by atoms with E-state index in [1.165, 1.54) is 12.1 Å². The van der Waals surface area contributed by atoms with Crippen molar-refractivity contribution in [3.05, 3.63) is 64.8 Å². The van der Waals surface area contributed by atoms with Crippen molar-refractivity contribution in [3.63, 3.8) is 0 Å². The van der Waals surface area contributed by atoms with E-state index in [2.05, 4.69) is 15.2 Å². The van der Waals surface area contributed by atoms with Gasteiger partial charge in [-0.3, -0.25) is 4.98 Å². The van der Waals surface area contributed by atoms with Gasteiger partial charge in [-0.1, -0.05) is 17.7 Å². The van der Waals surface area contributed by atoms with Crippen molar-refractivity contribution in [2.45, 2.75) is 31.2 Å². The van der Waals surface area contributed by atoms with Crippen LogP contribution in [0.25, 0.3) is 10.9 Å². The first-order chi connectivity index (χ1) is 17.3. The van der Waals surface area contributed by atoms with E-state index in [0.717, 1.165) is 54.2 Å². The van der Waals surface area contributed by atoms with Gasteiger partial charge in [0, 0.05) is 30.7 Å². The number of β-amino-alcohol motifs (C(OH)–C–C–N with tert-alkyl or cyclic N) is 1. The van der Waals surface area contributed by atoms with E-state index in [9.17, 15) is 18.3 Å². The second kappa shape index (κ2) is 11.6. The predicted octanol–water partition coefficient (Wildman–Crippen LogP) is 5.08. The number of aliphatic hydroxyl groups is 1. The molecule has 0 radical (unpaired) electrons. The van der Waals surface area contributed by atoms with Crippen molar-refractivity contribution in [1.29, 1.82) is 0 Å². The fraction of sp³-hybridized carbons (Fsp3) is 0.423. The van der Waals surface area contributed by atoms with Gasteiger partial charge in [-0.05, 0) is 67.9 Å². The summed E-state index contributed by atoms with van der Waals surface area (Å²) < 4.78 is 49.8. The molecule has 1 aliphatic heterocycles. The normalized spacial score (nSPS) is 16.3. The topological polar surface area (TPSA) is 66.9 Å². The number of likely N-dealkylation sites (tertiary alicyclic amines) is 1. The fourth-order valence-corrected chi connectivity index (χ4v) is 4.78. The number of ether oxygens (including phenoxy) is 2. The van der Waals surface area contributed by atoms with Gasteiger partial charge in [0.1, 0.15) is 18.1 Å². The van der Waals surface area contributed by atoms with Gasteiger partial charge in [0.05, 0.1) is 29.3 Å². The Bertz CT molecular complexity index is 1170. The van der Waals surface area contributed by atoms with Gasteiger partial charge in [-0.2, -0.15) is 13.2 Å². The van der Waals surface area contributed by atoms with Crippen LogP contribution < -0.4 is 14.8 Å².